The molecule has 0 spiro atoms. The van der Waals surface area contributed by atoms with Crippen LogP contribution in [-0.2, 0) is 10.2 Å². The fourth-order valence-corrected chi connectivity index (χ4v) is 6.78. The third kappa shape index (κ3) is 5.13. The zero-order valence-electron chi connectivity index (χ0n) is 22.1. The number of alkyl halides is 1. The van der Waals surface area contributed by atoms with E-state index >= 15 is 0 Å². The van der Waals surface area contributed by atoms with Crippen molar-refractivity contribution in [3.8, 4) is 11.6 Å². The summed E-state index contributed by atoms with van der Waals surface area (Å²) >= 11 is 1.95. The summed E-state index contributed by atoms with van der Waals surface area (Å²) in [6.45, 7) is 1.19. The maximum atomic E-state index is 14.8. The summed E-state index contributed by atoms with van der Waals surface area (Å²) in [7, 11) is -4.08. The number of hydrogen-bond donors (Lipinski definition) is 2. The molecule has 1 saturated heterocycles. The number of rotatable bonds is 7. The van der Waals surface area contributed by atoms with Crippen molar-refractivity contribution in [2.24, 2.45) is 0 Å². The minimum Gasteiger partial charge on any atom is -0.858 e. The molecule has 2 fully saturated rings. The van der Waals surface area contributed by atoms with Crippen LogP contribution in [0.2, 0.25) is 0 Å². The second-order valence-corrected chi connectivity index (χ2v) is 13.2. The average Bonchev–Trinajstić information content (AvgIpc) is 3.65. The van der Waals surface area contributed by atoms with Gasteiger partial charge in [0.2, 0.25) is 0 Å². The van der Waals surface area contributed by atoms with Gasteiger partial charge in [0.15, 0.2) is 0 Å². The summed E-state index contributed by atoms with van der Waals surface area (Å²) in [6, 6.07) is 9.89. The SMILES string of the molecule is Cc1c([O-])nc(Nc2ccc(I)cc2F)c2c(=O)n(C3CC3)c(=O)n(-c3cccc(NS(=O)(=O)N4CC[C@@H](F)C4)c3)c12. The Labute approximate surface area is 252 Å². The van der Waals surface area contributed by atoms with E-state index in [9.17, 15) is 31.9 Å². The second-order valence-electron chi connectivity index (χ2n) is 10.3. The van der Waals surface area contributed by atoms with E-state index in [-0.39, 0.29) is 64.9 Å². The highest BCUT2D eigenvalue weighted by atomic mass is 127. The minimum absolute atomic E-state index is 0.00724. The fraction of sp³-hybridized carbons (Fsp3) is 0.296. The van der Waals surface area contributed by atoms with E-state index < -0.39 is 39.3 Å². The Morgan fingerprint density at radius 3 is 2.55 bits per heavy atom. The highest BCUT2D eigenvalue weighted by molar-refractivity contribution is 14.1. The molecule has 1 atom stereocenters. The largest absolute Gasteiger partial charge is 0.858 e. The Bertz CT molecular complexity index is 1980. The maximum absolute atomic E-state index is 14.8. The van der Waals surface area contributed by atoms with Gasteiger partial charge in [-0.2, -0.15) is 12.7 Å². The van der Waals surface area contributed by atoms with E-state index in [1.807, 2.05) is 22.6 Å². The van der Waals surface area contributed by atoms with Gasteiger partial charge in [0.1, 0.15) is 23.2 Å². The number of nitrogens with zero attached hydrogens (tertiary/aromatic N) is 4. The number of anilines is 3. The summed E-state index contributed by atoms with van der Waals surface area (Å²) in [5.41, 5.74) is -1.17. The molecule has 0 amide bonds. The molecule has 1 saturated carbocycles. The third-order valence-electron chi connectivity index (χ3n) is 7.30. The standard InChI is InChI=1S/C27H25F2IN6O5S/c1-14-23-22(24(32-25(14)37)31-21-8-5-16(30)11-20(21)29)26(38)36(18-6-7-18)27(39)35(23)19-4-2-3-17(12-19)33-42(40,41)34-10-9-15(28)13-34/h2-5,8,11-12,15,18,33H,6-7,9-10,13H2,1H3,(H2,31,32,37)/p-1/t15-/m1/s1. The van der Waals surface area contributed by atoms with Gasteiger partial charge >= 0.3 is 15.9 Å². The van der Waals surface area contributed by atoms with Gasteiger partial charge in [-0.05, 0) is 96.6 Å². The molecule has 0 radical (unpaired) electrons. The molecule has 1 aliphatic carbocycles. The van der Waals surface area contributed by atoms with Gasteiger partial charge in [-0.3, -0.25) is 18.7 Å². The predicted molar refractivity (Wildman–Crippen MR) is 160 cm³/mol. The minimum atomic E-state index is -4.08. The summed E-state index contributed by atoms with van der Waals surface area (Å²) in [5, 5.41) is 15.7. The van der Waals surface area contributed by atoms with Crippen LogP contribution < -0.4 is 26.4 Å². The van der Waals surface area contributed by atoms with Gasteiger partial charge in [0.05, 0.1) is 22.6 Å². The first-order valence-electron chi connectivity index (χ1n) is 13.1. The lowest BCUT2D eigenvalue weighted by Gasteiger charge is -2.22. The van der Waals surface area contributed by atoms with Crippen molar-refractivity contribution in [2.75, 3.05) is 23.1 Å². The lowest BCUT2D eigenvalue weighted by molar-refractivity contribution is -0.275. The van der Waals surface area contributed by atoms with Gasteiger partial charge in [-0.25, -0.2) is 18.6 Å². The van der Waals surface area contributed by atoms with Crippen LogP contribution in [0.3, 0.4) is 0 Å². The molecule has 1 aliphatic heterocycles. The molecule has 2 N–H and O–H groups in total. The van der Waals surface area contributed by atoms with Gasteiger partial charge in [0.25, 0.3) is 5.56 Å². The molecule has 2 aromatic heterocycles. The van der Waals surface area contributed by atoms with Crippen LogP contribution in [0.5, 0.6) is 5.88 Å². The van der Waals surface area contributed by atoms with Crippen LogP contribution in [0.4, 0.5) is 26.0 Å². The van der Waals surface area contributed by atoms with Crippen LogP contribution in [-0.4, -0.2) is 46.1 Å². The van der Waals surface area contributed by atoms with E-state index in [0.29, 0.717) is 16.4 Å². The molecule has 4 aromatic rings. The quantitative estimate of drug-likeness (QED) is 0.280. The molecule has 2 aromatic carbocycles. The van der Waals surface area contributed by atoms with Crippen molar-refractivity contribution in [3.05, 3.63) is 78.3 Å². The van der Waals surface area contributed by atoms with Crippen LogP contribution in [0.15, 0.2) is 52.1 Å². The van der Waals surface area contributed by atoms with Crippen molar-refractivity contribution in [1.29, 1.82) is 0 Å². The normalized spacial score (nSPS) is 17.6. The lowest BCUT2D eigenvalue weighted by Crippen LogP contribution is -2.40. The first-order chi connectivity index (χ1) is 19.9. The van der Waals surface area contributed by atoms with E-state index in [2.05, 4.69) is 15.0 Å². The van der Waals surface area contributed by atoms with Crippen molar-refractivity contribution in [2.45, 2.75) is 38.4 Å². The summed E-state index contributed by atoms with van der Waals surface area (Å²) in [6.07, 6.45) is 0.0204. The molecule has 3 heterocycles. The maximum Gasteiger partial charge on any atom is 0.336 e. The fourth-order valence-electron chi connectivity index (χ4n) is 5.07. The van der Waals surface area contributed by atoms with E-state index in [0.717, 1.165) is 8.87 Å². The number of aryl methyl sites for hydroxylation is 1. The summed E-state index contributed by atoms with van der Waals surface area (Å²) in [4.78, 5) is 31.7. The topological polar surface area (TPSA) is 141 Å². The smallest absolute Gasteiger partial charge is 0.336 e. The van der Waals surface area contributed by atoms with Crippen molar-refractivity contribution >= 4 is 60.9 Å². The molecule has 11 nitrogen and oxygen atoms in total. The number of fused-ring (bicyclic) bond motifs is 1. The Kier molecular flexibility index (Phi) is 7.21. The van der Waals surface area contributed by atoms with Crippen LogP contribution in [0, 0.1) is 16.3 Å². The van der Waals surface area contributed by atoms with Crippen molar-refractivity contribution < 1.29 is 22.3 Å². The van der Waals surface area contributed by atoms with E-state index in [1.54, 1.807) is 6.07 Å². The Balaban J connectivity index is 1.55. The first-order valence-corrected chi connectivity index (χ1v) is 15.6. The van der Waals surface area contributed by atoms with E-state index in [4.69, 9.17) is 0 Å². The predicted octanol–water partition coefficient (Wildman–Crippen LogP) is 3.45. The highest BCUT2D eigenvalue weighted by Gasteiger charge is 2.33. The second kappa shape index (κ2) is 10.6. The molecule has 6 rings (SSSR count). The van der Waals surface area contributed by atoms with E-state index in [1.165, 1.54) is 47.9 Å². The Morgan fingerprint density at radius 2 is 1.88 bits per heavy atom. The third-order valence-corrected chi connectivity index (χ3v) is 9.47. The van der Waals surface area contributed by atoms with Crippen LogP contribution in [0.25, 0.3) is 16.6 Å². The molecule has 220 valence electrons. The molecule has 0 bridgehead atoms. The van der Waals surface area contributed by atoms with Crippen LogP contribution >= 0.6 is 22.6 Å². The lowest BCUT2D eigenvalue weighted by atomic mass is 10.1. The molecule has 42 heavy (non-hydrogen) atoms. The highest BCUT2D eigenvalue weighted by Crippen LogP contribution is 2.35. The number of nitrogens with one attached hydrogen (secondary N) is 2. The Hall–Kier alpha value is -3.57. The summed E-state index contributed by atoms with van der Waals surface area (Å²) < 4.78 is 60.5. The number of aromatic nitrogens is 3. The average molecular weight is 709 g/mol. The molecular weight excluding hydrogens is 685 g/mol. The molecule has 15 heteroatoms. The first kappa shape index (κ1) is 28.5. The van der Waals surface area contributed by atoms with Crippen molar-refractivity contribution in [1.82, 2.24) is 18.4 Å². The molecular formula is C27H24F2IN6O5S-. The zero-order valence-corrected chi connectivity index (χ0v) is 25.1. The molecule has 2 aliphatic rings. The number of hydrogen-bond acceptors (Lipinski definition) is 7. The van der Waals surface area contributed by atoms with Crippen LogP contribution in [0.1, 0.15) is 30.9 Å². The van der Waals surface area contributed by atoms with Gasteiger partial charge in [0, 0.05) is 22.7 Å². The summed E-state index contributed by atoms with van der Waals surface area (Å²) in [5.74, 6) is -1.57. The monoisotopic (exact) mass is 709 g/mol. The van der Waals surface area contributed by atoms with Gasteiger partial charge < -0.3 is 10.4 Å². The van der Waals surface area contributed by atoms with Gasteiger partial charge in [-0.1, -0.05) is 6.07 Å². The van der Waals surface area contributed by atoms with Crippen molar-refractivity contribution in [3.63, 3.8) is 0 Å². The zero-order chi connectivity index (χ0) is 29.9. The molecule has 0 unspecified atom stereocenters. The number of benzene rings is 2. The number of halogens is 3. The number of pyridine rings is 1. The van der Waals surface area contributed by atoms with Gasteiger partial charge in [-0.15, -0.1) is 0 Å². The Morgan fingerprint density at radius 1 is 1.12 bits per heavy atom.